The molecule has 0 unspecified atom stereocenters. The molecule has 0 fully saturated rings. The number of nitrogens with zero attached hydrogens (tertiary/aromatic N) is 1. The number of ketones is 1. The number of ether oxygens (including phenoxy) is 1. The maximum absolute atomic E-state index is 12.9. The van der Waals surface area contributed by atoms with E-state index in [4.69, 9.17) is 14.9 Å². The van der Waals surface area contributed by atoms with E-state index in [1.807, 2.05) is 30.3 Å². The van der Waals surface area contributed by atoms with Gasteiger partial charge in [-0.2, -0.15) is 5.26 Å². The third-order valence-corrected chi connectivity index (χ3v) is 4.76. The number of Topliss-reactive ketones (excluding diaryl/α,β-unsaturated/α-hetero) is 1. The highest BCUT2D eigenvalue weighted by Crippen LogP contribution is 2.46. The molecule has 124 valence electrons. The minimum Gasteiger partial charge on any atom is -0.468 e. The summed E-state index contributed by atoms with van der Waals surface area (Å²) in [4.78, 5) is 12.9. The van der Waals surface area contributed by atoms with Gasteiger partial charge in [0.05, 0.1) is 12.2 Å². The Bertz CT molecular complexity index is 918. The first-order chi connectivity index (χ1) is 12.2. The van der Waals surface area contributed by atoms with Crippen molar-refractivity contribution in [2.24, 2.45) is 5.73 Å². The normalized spacial score (nSPS) is 23.1. The molecule has 1 aromatic carbocycles. The Labute approximate surface area is 145 Å². The van der Waals surface area contributed by atoms with Crippen LogP contribution in [0.5, 0.6) is 0 Å². The van der Waals surface area contributed by atoms with Gasteiger partial charge in [-0.15, -0.1) is 0 Å². The van der Waals surface area contributed by atoms with Crippen LogP contribution in [-0.2, 0) is 9.53 Å². The second-order valence-electron chi connectivity index (χ2n) is 6.22. The molecule has 1 aliphatic carbocycles. The SMILES string of the molecule is N#CC1=C(N)OC2=C(C(=O)C[C@H](c3ccccc3)C2)[C@@H]1c1ccco1. The minimum atomic E-state index is -0.590. The second kappa shape index (κ2) is 5.99. The Morgan fingerprint density at radius 2 is 1.92 bits per heavy atom. The van der Waals surface area contributed by atoms with E-state index in [-0.39, 0.29) is 23.2 Å². The van der Waals surface area contributed by atoms with Crippen molar-refractivity contribution in [3.05, 3.63) is 82.8 Å². The van der Waals surface area contributed by atoms with Crippen LogP contribution in [-0.4, -0.2) is 5.78 Å². The van der Waals surface area contributed by atoms with Gasteiger partial charge in [-0.25, -0.2) is 0 Å². The third-order valence-electron chi connectivity index (χ3n) is 4.76. The van der Waals surface area contributed by atoms with Crippen molar-refractivity contribution in [1.82, 2.24) is 0 Å². The Morgan fingerprint density at radius 3 is 2.60 bits per heavy atom. The van der Waals surface area contributed by atoms with E-state index in [1.54, 1.807) is 12.1 Å². The first-order valence-electron chi connectivity index (χ1n) is 8.11. The molecule has 4 rings (SSSR count). The summed E-state index contributed by atoms with van der Waals surface area (Å²) < 4.78 is 11.2. The number of benzene rings is 1. The zero-order valence-electron chi connectivity index (χ0n) is 13.4. The standard InChI is InChI=1S/C20H16N2O3/c21-11-14-18(16-7-4-8-24-16)19-15(23)9-13(10-17(19)25-20(14)22)12-5-2-1-3-6-12/h1-8,13,18H,9-10,22H2/t13-,18-/m0/s1. The van der Waals surface area contributed by atoms with Gasteiger partial charge in [0.1, 0.15) is 23.2 Å². The molecule has 2 heterocycles. The molecule has 1 aliphatic heterocycles. The lowest BCUT2D eigenvalue weighted by Crippen LogP contribution is -2.29. The Kier molecular flexibility index (Phi) is 3.66. The number of furan rings is 1. The topological polar surface area (TPSA) is 89.3 Å². The molecule has 0 bridgehead atoms. The average molecular weight is 332 g/mol. The van der Waals surface area contributed by atoms with E-state index >= 15 is 0 Å². The zero-order valence-corrected chi connectivity index (χ0v) is 13.4. The Morgan fingerprint density at radius 1 is 1.12 bits per heavy atom. The minimum absolute atomic E-state index is 0.0308. The van der Waals surface area contributed by atoms with Crippen molar-refractivity contribution >= 4 is 5.78 Å². The third kappa shape index (κ3) is 2.52. The number of carbonyl (C=O) groups excluding carboxylic acids is 1. The number of allylic oxidation sites excluding steroid dienone is 3. The molecule has 2 N–H and O–H groups in total. The predicted molar refractivity (Wildman–Crippen MR) is 89.8 cm³/mol. The number of carbonyl (C=O) groups is 1. The molecule has 0 amide bonds. The summed E-state index contributed by atoms with van der Waals surface area (Å²) in [6.45, 7) is 0. The van der Waals surface area contributed by atoms with Crippen molar-refractivity contribution in [2.45, 2.75) is 24.7 Å². The Hall–Kier alpha value is -3.26. The average Bonchev–Trinajstić information content (AvgIpc) is 3.15. The molecule has 25 heavy (non-hydrogen) atoms. The molecule has 1 aromatic heterocycles. The van der Waals surface area contributed by atoms with Crippen LogP contribution in [0, 0.1) is 11.3 Å². The molecule has 0 saturated heterocycles. The van der Waals surface area contributed by atoms with E-state index in [9.17, 15) is 10.1 Å². The van der Waals surface area contributed by atoms with Crippen molar-refractivity contribution < 1.29 is 13.9 Å². The van der Waals surface area contributed by atoms with Gasteiger partial charge >= 0.3 is 0 Å². The molecular weight excluding hydrogens is 316 g/mol. The maximum atomic E-state index is 12.9. The lowest BCUT2D eigenvalue weighted by Gasteiger charge is -2.33. The van der Waals surface area contributed by atoms with E-state index in [1.165, 1.54) is 6.26 Å². The summed E-state index contributed by atoms with van der Waals surface area (Å²) in [5.41, 5.74) is 7.78. The quantitative estimate of drug-likeness (QED) is 0.909. The number of nitrogens with two attached hydrogens (primary N) is 1. The van der Waals surface area contributed by atoms with E-state index in [0.717, 1.165) is 5.56 Å². The van der Waals surface area contributed by atoms with Crippen molar-refractivity contribution in [3.8, 4) is 6.07 Å². The molecule has 0 radical (unpaired) electrons. The van der Waals surface area contributed by atoms with Gasteiger partial charge in [-0.3, -0.25) is 4.79 Å². The molecule has 0 saturated carbocycles. The van der Waals surface area contributed by atoms with Crippen LogP contribution in [0.3, 0.4) is 0 Å². The number of hydrogen-bond acceptors (Lipinski definition) is 5. The molecule has 5 heteroatoms. The lowest BCUT2D eigenvalue weighted by molar-refractivity contribution is -0.117. The highest BCUT2D eigenvalue weighted by atomic mass is 16.5. The van der Waals surface area contributed by atoms with Gasteiger partial charge in [-0.1, -0.05) is 30.3 Å². The van der Waals surface area contributed by atoms with Gasteiger partial charge in [0, 0.05) is 18.4 Å². The fourth-order valence-corrected chi connectivity index (χ4v) is 3.61. The summed E-state index contributed by atoms with van der Waals surface area (Å²) in [7, 11) is 0. The van der Waals surface area contributed by atoms with Crippen LogP contribution in [0.25, 0.3) is 0 Å². The molecular formula is C20H16N2O3. The lowest BCUT2D eigenvalue weighted by atomic mass is 9.75. The van der Waals surface area contributed by atoms with Gasteiger partial charge in [0.15, 0.2) is 5.78 Å². The maximum Gasteiger partial charge on any atom is 0.205 e. The highest BCUT2D eigenvalue weighted by molar-refractivity contribution is 6.00. The highest BCUT2D eigenvalue weighted by Gasteiger charge is 2.41. The Balaban J connectivity index is 1.78. The van der Waals surface area contributed by atoms with E-state index in [0.29, 0.717) is 29.9 Å². The number of rotatable bonds is 2. The first kappa shape index (κ1) is 15.3. The molecule has 2 aromatic rings. The van der Waals surface area contributed by atoms with Crippen LogP contribution in [0.2, 0.25) is 0 Å². The molecule has 0 spiro atoms. The van der Waals surface area contributed by atoms with Gasteiger partial charge in [-0.05, 0) is 23.6 Å². The monoisotopic (exact) mass is 332 g/mol. The summed E-state index contributed by atoms with van der Waals surface area (Å²) in [5.74, 6) is 0.542. The van der Waals surface area contributed by atoms with Gasteiger partial charge in [0.2, 0.25) is 5.88 Å². The molecule has 5 nitrogen and oxygen atoms in total. The molecule has 2 aliphatic rings. The summed E-state index contributed by atoms with van der Waals surface area (Å²) >= 11 is 0. The zero-order chi connectivity index (χ0) is 17.4. The fourth-order valence-electron chi connectivity index (χ4n) is 3.61. The van der Waals surface area contributed by atoms with Crippen LogP contribution >= 0.6 is 0 Å². The van der Waals surface area contributed by atoms with Gasteiger partial charge in [0.25, 0.3) is 0 Å². The van der Waals surface area contributed by atoms with Crippen LogP contribution in [0.1, 0.15) is 36.0 Å². The number of nitriles is 1. The fraction of sp³-hybridized carbons (Fsp3) is 0.200. The van der Waals surface area contributed by atoms with Crippen molar-refractivity contribution in [3.63, 3.8) is 0 Å². The van der Waals surface area contributed by atoms with Crippen LogP contribution < -0.4 is 5.73 Å². The largest absolute Gasteiger partial charge is 0.468 e. The van der Waals surface area contributed by atoms with Crippen molar-refractivity contribution in [2.75, 3.05) is 0 Å². The second-order valence-corrected chi connectivity index (χ2v) is 6.22. The summed E-state index contributed by atoms with van der Waals surface area (Å²) in [6.07, 6.45) is 2.47. The summed E-state index contributed by atoms with van der Waals surface area (Å²) in [5, 5.41) is 9.49. The van der Waals surface area contributed by atoms with E-state index in [2.05, 4.69) is 6.07 Å². The van der Waals surface area contributed by atoms with E-state index < -0.39 is 5.92 Å². The first-order valence-corrected chi connectivity index (χ1v) is 8.11. The van der Waals surface area contributed by atoms with Crippen molar-refractivity contribution in [1.29, 1.82) is 5.26 Å². The number of hydrogen-bond donors (Lipinski definition) is 1. The summed E-state index contributed by atoms with van der Waals surface area (Å²) in [6, 6.07) is 15.4. The van der Waals surface area contributed by atoms with Gasteiger partial charge < -0.3 is 14.9 Å². The smallest absolute Gasteiger partial charge is 0.205 e. The van der Waals surface area contributed by atoms with Crippen LogP contribution in [0.4, 0.5) is 0 Å². The molecule has 2 atom stereocenters. The van der Waals surface area contributed by atoms with Crippen LogP contribution in [0.15, 0.2) is 75.9 Å². The predicted octanol–water partition coefficient (Wildman–Crippen LogP) is 3.49.